The predicted octanol–water partition coefficient (Wildman–Crippen LogP) is 7.70. The Morgan fingerprint density at radius 1 is 0.467 bits per heavy atom. The van der Waals surface area contributed by atoms with Crippen LogP contribution in [0.25, 0.3) is 22.9 Å². The Bertz CT molecular complexity index is 1050. The van der Waals surface area contributed by atoms with Crippen LogP contribution < -0.4 is 0 Å². The normalized spacial score (nSPS) is 10.8. The summed E-state index contributed by atoms with van der Waals surface area (Å²) >= 11 is 0. The van der Waals surface area contributed by atoms with Gasteiger partial charge in [0.15, 0.2) is 0 Å². The van der Waals surface area contributed by atoms with Crippen LogP contribution in [0.3, 0.4) is 0 Å². The van der Waals surface area contributed by atoms with Crippen LogP contribution in [0.2, 0.25) is 0 Å². The highest BCUT2D eigenvalue weighted by Crippen LogP contribution is 2.25. The molecule has 0 heterocycles. The minimum absolute atomic E-state index is 1.05. The van der Waals surface area contributed by atoms with Crippen LogP contribution in [-0.2, 0) is 25.7 Å². The Labute approximate surface area is 180 Å². The second-order valence-corrected chi connectivity index (χ2v) is 7.82. The van der Waals surface area contributed by atoms with E-state index in [9.17, 15) is 0 Å². The summed E-state index contributed by atoms with van der Waals surface area (Å²) in [7, 11) is 0. The molecule has 4 aromatic carbocycles. The van der Waals surface area contributed by atoms with E-state index < -0.39 is 0 Å². The SMILES string of the molecule is C=Cc1ccc(CCc2cccc3c(CCc4ccc(C=C)cc4)cccc23)cc1. The van der Waals surface area contributed by atoms with E-state index in [0.29, 0.717) is 0 Å². The highest BCUT2D eigenvalue weighted by atomic mass is 14.1. The molecule has 0 radical (unpaired) electrons. The van der Waals surface area contributed by atoms with Gasteiger partial charge in [-0.05, 0) is 69.8 Å². The molecule has 148 valence electrons. The van der Waals surface area contributed by atoms with E-state index >= 15 is 0 Å². The Hall–Kier alpha value is -3.38. The van der Waals surface area contributed by atoms with Gasteiger partial charge in [-0.25, -0.2) is 0 Å². The fourth-order valence-electron chi connectivity index (χ4n) is 4.07. The molecule has 0 unspecified atom stereocenters. The van der Waals surface area contributed by atoms with Crippen molar-refractivity contribution in [3.63, 3.8) is 0 Å². The molecule has 4 aromatic rings. The first kappa shape index (κ1) is 19.9. The molecule has 0 aliphatic heterocycles. The van der Waals surface area contributed by atoms with Gasteiger partial charge in [-0.3, -0.25) is 0 Å². The third-order valence-corrected chi connectivity index (χ3v) is 5.90. The minimum atomic E-state index is 1.05. The fraction of sp³-hybridized carbons (Fsp3) is 0.133. The number of benzene rings is 4. The van der Waals surface area contributed by atoms with Crippen molar-refractivity contribution in [2.24, 2.45) is 0 Å². The number of fused-ring (bicyclic) bond motifs is 1. The maximum Gasteiger partial charge on any atom is -0.0149 e. The van der Waals surface area contributed by atoms with Gasteiger partial charge in [0, 0.05) is 0 Å². The molecular weight excluding hydrogens is 360 g/mol. The molecule has 0 heteroatoms. The Balaban J connectivity index is 1.51. The largest absolute Gasteiger partial charge is 0.0985 e. The molecule has 0 amide bonds. The molecule has 0 saturated heterocycles. The lowest BCUT2D eigenvalue weighted by Gasteiger charge is -2.11. The summed E-state index contributed by atoms with van der Waals surface area (Å²) in [5, 5.41) is 2.78. The Kier molecular flexibility index (Phi) is 6.25. The van der Waals surface area contributed by atoms with Crippen LogP contribution in [-0.4, -0.2) is 0 Å². The Morgan fingerprint density at radius 3 is 1.23 bits per heavy atom. The van der Waals surface area contributed by atoms with E-state index in [1.165, 1.54) is 44.2 Å². The zero-order chi connectivity index (χ0) is 20.8. The third-order valence-electron chi connectivity index (χ3n) is 5.90. The summed E-state index contributed by atoms with van der Waals surface area (Å²) in [6.45, 7) is 7.67. The highest BCUT2D eigenvalue weighted by molar-refractivity contribution is 5.88. The lowest BCUT2D eigenvalue weighted by Crippen LogP contribution is -1.96. The first-order valence-corrected chi connectivity index (χ1v) is 10.7. The van der Waals surface area contributed by atoms with Gasteiger partial charge in [0.2, 0.25) is 0 Å². The van der Waals surface area contributed by atoms with Crippen LogP contribution in [0, 0.1) is 0 Å². The zero-order valence-electron chi connectivity index (χ0n) is 17.5. The molecule has 0 aromatic heterocycles. The predicted molar refractivity (Wildman–Crippen MR) is 132 cm³/mol. The molecule has 0 spiro atoms. The smallest absolute Gasteiger partial charge is 0.0149 e. The topological polar surface area (TPSA) is 0 Å². The molecule has 0 nitrogen and oxygen atoms in total. The average molecular weight is 389 g/mol. The van der Waals surface area contributed by atoms with Gasteiger partial charge in [0.25, 0.3) is 0 Å². The zero-order valence-corrected chi connectivity index (χ0v) is 17.5. The van der Waals surface area contributed by atoms with Crippen molar-refractivity contribution < 1.29 is 0 Å². The summed E-state index contributed by atoms with van der Waals surface area (Å²) in [4.78, 5) is 0. The van der Waals surface area contributed by atoms with Gasteiger partial charge in [0.05, 0.1) is 0 Å². The van der Waals surface area contributed by atoms with Crippen molar-refractivity contribution in [3.05, 3.63) is 131 Å². The van der Waals surface area contributed by atoms with Crippen LogP contribution in [0.4, 0.5) is 0 Å². The molecular formula is C30H28. The van der Waals surface area contributed by atoms with Crippen molar-refractivity contribution >= 4 is 22.9 Å². The summed E-state index contributed by atoms with van der Waals surface area (Å²) in [6, 6.07) is 30.9. The molecule has 30 heavy (non-hydrogen) atoms. The molecule has 0 bridgehead atoms. The van der Waals surface area contributed by atoms with E-state index in [2.05, 4.69) is 98.1 Å². The highest BCUT2D eigenvalue weighted by Gasteiger charge is 2.06. The third kappa shape index (κ3) is 4.60. The molecule has 0 saturated carbocycles. The summed E-state index contributed by atoms with van der Waals surface area (Å²) in [6.07, 6.45) is 8.00. The monoisotopic (exact) mass is 388 g/mol. The van der Waals surface area contributed by atoms with Gasteiger partial charge in [-0.15, -0.1) is 0 Å². The molecule has 0 aliphatic carbocycles. The van der Waals surface area contributed by atoms with Crippen molar-refractivity contribution in [3.8, 4) is 0 Å². The maximum absolute atomic E-state index is 3.83. The van der Waals surface area contributed by atoms with Crippen molar-refractivity contribution in [2.75, 3.05) is 0 Å². The van der Waals surface area contributed by atoms with E-state index in [-0.39, 0.29) is 0 Å². The lowest BCUT2D eigenvalue weighted by atomic mass is 9.93. The van der Waals surface area contributed by atoms with E-state index in [1.807, 2.05) is 12.2 Å². The lowest BCUT2D eigenvalue weighted by molar-refractivity contribution is 0.961. The van der Waals surface area contributed by atoms with Crippen LogP contribution >= 0.6 is 0 Å². The van der Waals surface area contributed by atoms with Gasteiger partial charge < -0.3 is 0 Å². The van der Waals surface area contributed by atoms with Crippen molar-refractivity contribution in [2.45, 2.75) is 25.7 Å². The molecule has 0 atom stereocenters. The molecule has 0 aliphatic rings. The first-order valence-electron chi connectivity index (χ1n) is 10.7. The molecule has 4 rings (SSSR count). The summed E-state index contributed by atoms with van der Waals surface area (Å²) < 4.78 is 0. The van der Waals surface area contributed by atoms with E-state index in [1.54, 1.807) is 0 Å². The molecule has 0 fully saturated rings. The number of aryl methyl sites for hydroxylation is 4. The van der Waals surface area contributed by atoms with E-state index in [4.69, 9.17) is 0 Å². The van der Waals surface area contributed by atoms with Crippen LogP contribution in [0.5, 0.6) is 0 Å². The van der Waals surface area contributed by atoms with Gasteiger partial charge in [-0.2, -0.15) is 0 Å². The van der Waals surface area contributed by atoms with Gasteiger partial charge in [-0.1, -0.05) is 110 Å². The van der Waals surface area contributed by atoms with Crippen LogP contribution in [0.15, 0.2) is 98.1 Å². The number of rotatable bonds is 8. The van der Waals surface area contributed by atoms with E-state index in [0.717, 1.165) is 25.7 Å². The Morgan fingerprint density at radius 2 is 0.867 bits per heavy atom. The first-order chi connectivity index (χ1) is 14.8. The van der Waals surface area contributed by atoms with Crippen LogP contribution in [0.1, 0.15) is 33.4 Å². The van der Waals surface area contributed by atoms with Crippen molar-refractivity contribution in [1.82, 2.24) is 0 Å². The minimum Gasteiger partial charge on any atom is -0.0985 e. The van der Waals surface area contributed by atoms with Crippen molar-refractivity contribution in [1.29, 1.82) is 0 Å². The standard InChI is InChI=1S/C30H28/c1-3-23-11-15-25(16-12-23)19-21-27-7-5-10-30-28(8-6-9-29(27)30)22-20-26-17-13-24(4-2)14-18-26/h3-18H,1-2,19-22H2. The maximum atomic E-state index is 3.83. The second kappa shape index (κ2) is 9.41. The quantitative estimate of drug-likeness (QED) is 0.290. The van der Waals surface area contributed by atoms with Gasteiger partial charge in [0.1, 0.15) is 0 Å². The average Bonchev–Trinajstić information content (AvgIpc) is 2.82. The second-order valence-electron chi connectivity index (χ2n) is 7.82. The fourth-order valence-corrected chi connectivity index (χ4v) is 4.07. The summed E-state index contributed by atoms with van der Waals surface area (Å²) in [5.41, 5.74) is 7.95. The van der Waals surface area contributed by atoms with Gasteiger partial charge >= 0.3 is 0 Å². The number of hydrogen-bond acceptors (Lipinski definition) is 0. The number of hydrogen-bond donors (Lipinski definition) is 0. The molecule has 0 N–H and O–H groups in total. The summed E-state index contributed by atoms with van der Waals surface area (Å²) in [5.74, 6) is 0.